The molecule has 4 N–H and O–H groups in total. The molecule has 0 aliphatic carbocycles. The van der Waals surface area contributed by atoms with E-state index in [1.807, 2.05) is 43.5 Å². The highest BCUT2D eigenvalue weighted by Gasteiger charge is 2.38. The molecular formula is C48H49N9O10. The van der Waals surface area contributed by atoms with Gasteiger partial charge >= 0.3 is 6.03 Å². The second-order valence-electron chi connectivity index (χ2n) is 16.2. The number of rotatable bonds is 17. The normalized spacial score (nSPS) is 16.0. The SMILES string of the molecule is CNCC(=O)C(=O)CNC(=O)CNC(=O)CNC(=O)N(C)c1ccc2c(c1)C[C@H]1C=Nc3cc(OCCCOc4cc5c(cc4OC)C(=O)N4c6ccccc6C[C@H]4C=N5)c(C)cc3C(=O)N21. The van der Waals surface area contributed by atoms with Crippen LogP contribution in [0.3, 0.4) is 0 Å². The lowest BCUT2D eigenvalue weighted by Gasteiger charge is -2.23. The Kier molecular flexibility index (Phi) is 13.4. The van der Waals surface area contributed by atoms with Crippen molar-refractivity contribution in [3.8, 4) is 17.2 Å². The van der Waals surface area contributed by atoms with Gasteiger partial charge in [-0.25, -0.2) is 4.79 Å². The van der Waals surface area contributed by atoms with E-state index in [1.54, 1.807) is 52.4 Å². The summed E-state index contributed by atoms with van der Waals surface area (Å²) >= 11 is 0. The summed E-state index contributed by atoms with van der Waals surface area (Å²) in [6.07, 6.45) is 5.22. The number of para-hydroxylation sites is 1. The Morgan fingerprint density at radius 2 is 1.27 bits per heavy atom. The third-order valence-electron chi connectivity index (χ3n) is 11.8. The first kappa shape index (κ1) is 45.6. The van der Waals surface area contributed by atoms with E-state index in [4.69, 9.17) is 19.2 Å². The number of benzene rings is 4. The fourth-order valence-electron chi connectivity index (χ4n) is 8.30. The Labute approximate surface area is 385 Å². The van der Waals surface area contributed by atoms with E-state index in [1.165, 1.54) is 26.1 Å². The van der Waals surface area contributed by atoms with Crippen LogP contribution in [0.1, 0.15) is 43.8 Å². The summed E-state index contributed by atoms with van der Waals surface area (Å²) in [4.78, 5) is 103. The zero-order valence-corrected chi connectivity index (χ0v) is 37.3. The van der Waals surface area contributed by atoms with Gasteiger partial charge in [0.15, 0.2) is 11.5 Å². The molecule has 4 aliphatic rings. The molecule has 0 saturated heterocycles. The maximum atomic E-state index is 14.1. The molecule has 4 aliphatic heterocycles. The second kappa shape index (κ2) is 19.7. The average Bonchev–Trinajstić information content (AvgIpc) is 3.82. The molecule has 4 aromatic rings. The average molecular weight is 912 g/mol. The fourth-order valence-corrected chi connectivity index (χ4v) is 8.30. The van der Waals surface area contributed by atoms with Crippen molar-refractivity contribution in [3.05, 3.63) is 94.5 Å². The van der Waals surface area contributed by atoms with Crippen LogP contribution >= 0.6 is 0 Å². The fraction of sp³-hybridized carbons (Fsp3) is 0.312. The number of likely N-dealkylation sites (N-methyl/N-ethyl adjacent to an activating group) is 1. The van der Waals surface area contributed by atoms with Gasteiger partial charge in [0, 0.05) is 67.9 Å². The van der Waals surface area contributed by atoms with Gasteiger partial charge in [0.1, 0.15) is 5.75 Å². The standard InChI is InChI=1S/C48H49N9O10/c1-27-14-33-35(19-41(27)66-12-7-13-67-43-20-36-34(18-42(43)65-4)47(63)56-31(21-51-36)15-28-8-5-6-9-37(28)56)50-22-32-17-29-16-30(10-11-38(29)57(32)46(33)62)55(3)48(64)54-26-45(61)53-25-44(60)52-24-40(59)39(58)23-49-2/h5-6,8-11,14,16,18-22,31-32,49H,7,12-13,15,17,23-26H2,1-4H3,(H,52,60)(H,53,61)(H,54,64)/t31-,32-/m0/s1. The van der Waals surface area contributed by atoms with Crippen LogP contribution in [0.5, 0.6) is 17.2 Å². The summed E-state index contributed by atoms with van der Waals surface area (Å²) in [6.45, 7) is 0.951. The Morgan fingerprint density at radius 1 is 0.687 bits per heavy atom. The monoisotopic (exact) mass is 911 g/mol. The first-order valence-electron chi connectivity index (χ1n) is 21.7. The number of nitrogens with zero attached hydrogens (tertiary/aromatic N) is 5. The van der Waals surface area contributed by atoms with E-state index < -0.39 is 49.0 Å². The number of hydrogen-bond donors (Lipinski definition) is 4. The molecule has 0 spiro atoms. The third kappa shape index (κ3) is 9.58. The van der Waals surface area contributed by atoms with Crippen molar-refractivity contribution < 1.29 is 47.8 Å². The van der Waals surface area contributed by atoms with Crippen molar-refractivity contribution in [1.82, 2.24) is 21.3 Å². The Morgan fingerprint density at radius 3 is 1.96 bits per heavy atom. The van der Waals surface area contributed by atoms with Crippen LogP contribution < -0.4 is 50.2 Å². The number of fused-ring (bicyclic) bond motifs is 8. The van der Waals surface area contributed by atoms with Crippen LogP contribution in [0.2, 0.25) is 0 Å². The summed E-state index contributed by atoms with van der Waals surface area (Å²) in [5.41, 5.74) is 6.64. The summed E-state index contributed by atoms with van der Waals surface area (Å²) in [6, 6.07) is 19.0. The summed E-state index contributed by atoms with van der Waals surface area (Å²) in [5, 5.41) is 9.67. The number of methoxy groups -OCH3 is 1. The van der Waals surface area contributed by atoms with Gasteiger partial charge < -0.3 is 35.5 Å². The first-order chi connectivity index (χ1) is 32.3. The van der Waals surface area contributed by atoms with Crippen LogP contribution in [0.15, 0.2) is 76.7 Å². The summed E-state index contributed by atoms with van der Waals surface area (Å²) in [5.74, 6) is -1.66. The van der Waals surface area contributed by atoms with Crippen LogP contribution in [0.4, 0.5) is 33.2 Å². The van der Waals surface area contributed by atoms with Gasteiger partial charge in [0.05, 0.1) is 81.1 Å². The topological polar surface area (TPSA) is 230 Å². The molecule has 8 rings (SSSR count). The van der Waals surface area contributed by atoms with E-state index in [0.717, 1.165) is 22.4 Å². The minimum absolute atomic E-state index is 0.143. The molecule has 4 heterocycles. The van der Waals surface area contributed by atoms with Crippen molar-refractivity contribution in [1.29, 1.82) is 0 Å². The number of anilines is 3. The zero-order chi connectivity index (χ0) is 47.4. The quantitative estimate of drug-likeness (QED) is 0.0889. The van der Waals surface area contributed by atoms with Gasteiger partial charge in [0.25, 0.3) is 11.8 Å². The maximum Gasteiger partial charge on any atom is 0.322 e. The van der Waals surface area contributed by atoms with E-state index in [-0.39, 0.29) is 30.4 Å². The number of ketones is 2. The highest BCUT2D eigenvalue weighted by Crippen LogP contribution is 2.42. The largest absolute Gasteiger partial charge is 0.493 e. The van der Waals surface area contributed by atoms with Gasteiger partial charge in [-0.1, -0.05) is 18.2 Å². The van der Waals surface area contributed by atoms with Gasteiger partial charge in [-0.3, -0.25) is 53.5 Å². The zero-order valence-electron chi connectivity index (χ0n) is 37.3. The van der Waals surface area contributed by atoms with Crippen molar-refractivity contribution >= 4 is 82.1 Å². The van der Waals surface area contributed by atoms with Crippen LogP contribution in [-0.2, 0) is 32.0 Å². The molecule has 0 saturated carbocycles. The van der Waals surface area contributed by atoms with E-state index in [9.17, 15) is 33.6 Å². The highest BCUT2D eigenvalue weighted by atomic mass is 16.5. The van der Waals surface area contributed by atoms with Crippen LogP contribution in [0.25, 0.3) is 0 Å². The number of urea groups is 1. The van der Waals surface area contributed by atoms with Crippen molar-refractivity contribution in [2.24, 2.45) is 9.98 Å². The Bertz CT molecular complexity index is 2750. The molecule has 67 heavy (non-hydrogen) atoms. The number of ether oxygens (including phenoxy) is 3. The molecule has 19 heteroatoms. The first-order valence-corrected chi connectivity index (χ1v) is 21.7. The molecule has 0 fully saturated rings. The third-order valence-corrected chi connectivity index (χ3v) is 11.8. The Balaban J connectivity index is 0.825. The molecule has 0 unspecified atom stereocenters. The van der Waals surface area contributed by atoms with E-state index in [2.05, 4.69) is 26.3 Å². The number of hydrogen-bond acceptors (Lipinski definition) is 13. The minimum Gasteiger partial charge on any atom is -0.493 e. The molecular weight excluding hydrogens is 863 g/mol. The molecule has 19 nitrogen and oxygen atoms in total. The number of nitrogens with one attached hydrogen (secondary N) is 4. The van der Waals surface area contributed by atoms with Gasteiger partial charge in [-0.15, -0.1) is 0 Å². The number of aliphatic imine (C=N–C) groups is 2. The number of carbonyl (C=O) groups excluding carboxylic acids is 7. The smallest absolute Gasteiger partial charge is 0.322 e. The molecule has 0 radical (unpaired) electrons. The molecule has 0 aromatic heterocycles. The lowest BCUT2D eigenvalue weighted by Crippen LogP contribution is -2.46. The molecule has 0 bridgehead atoms. The molecule has 6 amide bonds. The second-order valence-corrected chi connectivity index (χ2v) is 16.2. The molecule has 2 atom stereocenters. The minimum atomic E-state index is -0.773. The highest BCUT2D eigenvalue weighted by molar-refractivity contribution is 6.39. The van der Waals surface area contributed by atoms with Crippen LogP contribution in [-0.4, -0.2) is 126 Å². The van der Waals surface area contributed by atoms with E-state index >= 15 is 0 Å². The van der Waals surface area contributed by atoms with Gasteiger partial charge in [-0.05, 0) is 67.1 Å². The van der Waals surface area contributed by atoms with Crippen molar-refractivity contribution in [3.63, 3.8) is 0 Å². The van der Waals surface area contributed by atoms with Gasteiger partial charge in [0.2, 0.25) is 23.4 Å². The van der Waals surface area contributed by atoms with E-state index in [0.29, 0.717) is 83.6 Å². The number of Topliss-reactive ketones (excluding diaryl/α,β-unsaturated/α-hetero) is 2. The number of aryl methyl sites for hydroxylation is 1. The predicted molar refractivity (Wildman–Crippen MR) is 249 cm³/mol. The predicted octanol–water partition coefficient (Wildman–Crippen LogP) is 3.16. The maximum absolute atomic E-state index is 14.1. The number of carbonyl (C=O) groups is 7. The van der Waals surface area contributed by atoms with Crippen molar-refractivity contribution in [2.75, 3.05) is 75.3 Å². The lowest BCUT2D eigenvalue weighted by molar-refractivity contribution is -0.136. The number of amides is 6. The lowest BCUT2D eigenvalue weighted by atomic mass is 10.1. The molecule has 346 valence electrons. The van der Waals surface area contributed by atoms with Crippen molar-refractivity contribution in [2.45, 2.75) is 38.3 Å². The van der Waals surface area contributed by atoms with Gasteiger partial charge in [-0.2, -0.15) is 0 Å². The van der Waals surface area contributed by atoms with Crippen LogP contribution in [0, 0.1) is 6.92 Å². The summed E-state index contributed by atoms with van der Waals surface area (Å²) < 4.78 is 17.9. The Hall–Kier alpha value is -7.93. The summed E-state index contributed by atoms with van der Waals surface area (Å²) in [7, 11) is 4.58. The molecule has 4 aromatic carbocycles.